The first kappa shape index (κ1) is 17.7. The predicted molar refractivity (Wildman–Crippen MR) is 88.1 cm³/mol. The van der Waals surface area contributed by atoms with Crippen molar-refractivity contribution in [2.75, 3.05) is 14.2 Å². The zero-order valence-corrected chi connectivity index (χ0v) is 14.0. The second-order valence-corrected chi connectivity index (χ2v) is 5.68. The third-order valence-electron chi connectivity index (χ3n) is 3.85. The summed E-state index contributed by atoms with van der Waals surface area (Å²) in [5.74, 6) is -0.932. The van der Waals surface area contributed by atoms with Crippen LogP contribution in [0.25, 0.3) is 0 Å². The third kappa shape index (κ3) is 4.41. The van der Waals surface area contributed by atoms with Gasteiger partial charge in [-0.2, -0.15) is 5.10 Å². The average Bonchev–Trinajstić information content (AvgIpc) is 2.57. The molecule has 0 saturated heterocycles. The first-order chi connectivity index (χ1) is 11.4. The smallest absolute Gasteiger partial charge is 0.307 e. The first-order valence-electron chi connectivity index (χ1n) is 7.69. The molecule has 1 aromatic carbocycles. The van der Waals surface area contributed by atoms with Gasteiger partial charge < -0.3 is 10.1 Å². The van der Waals surface area contributed by atoms with Crippen LogP contribution in [0.1, 0.15) is 36.4 Å². The fourth-order valence-corrected chi connectivity index (χ4v) is 2.38. The lowest BCUT2D eigenvalue weighted by atomic mass is 10.0. The molecular formula is C17H21N3O4. The molecule has 1 aliphatic rings. The molecule has 2 rings (SSSR count). The number of carbonyl (C=O) groups excluding carboxylic acids is 3. The van der Waals surface area contributed by atoms with E-state index in [1.165, 1.54) is 19.2 Å². The molecule has 0 aromatic heterocycles. The van der Waals surface area contributed by atoms with Gasteiger partial charge in [-0.1, -0.05) is 29.8 Å². The lowest BCUT2D eigenvalue weighted by molar-refractivity contribution is -0.141. The molecular weight excluding hydrogens is 310 g/mol. The monoisotopic (exact) mass is 331 g/mol. The quantitative estimate of drug-likeness (QED) is 0.824. The van der Waals surface area contributed by atoms with Gasteiger partial charge in [0.2, 0.25) is 5.91 Å². The van der Waals surface area contributed by atoms with E-state index in [4.69, 9.17) is 4.74 Å². The van der Waals surface area contributed by atoms with Crippen molar-refractivity contribution >= 4 is 23.5 Å². The van der Waals surface area contributed by atoms with Crippen LogP contribution < -0.4 is 5.32 Å². The van der Waals surface area contributed by atoms with Crippen LogP contribution in [0.4, 0.5) is 0 Å². The van der Waals surface area contributed by atoms with Gasteiger partial charge in [0, 0.05) is 19.9 Å². The van der Waals surface area contributed by atoms with Gasteiger partial charge in [0.15, 0.2) is 0 Å². The molecule has 0 spiro atoms. The van der Waals surface area contributed by atoms with E-state index in [9.17, 15) is 14.4 Å². The number of amides is 2. The lowest BCUT2D eigenvalue weighted by Gasteiger charge is -2.22. The van der Waals surface area contributed by atoms with Crippen LogP contribution in [0.5, 0.6) is 0 Å². The third-order valence-corrected chi connectivity index (χ3v) is 3.85. The van der Waals surface area contributed by atoms with Gasteiger partial charge in [0.05, 0.1) is 19.6 Å². The maximum absolute atomic E-state index is 12.4. The van der Waals surface area contributed by atoms with Gasteiger partial charge >= 0.3 is 5.97 Å². The Kier molecular flexibility index (Phi) is 5.68. The molecule has 7 heteroatoms. The van der Waals surface area contributed by atoms with Crippen LogP contribution >= 0.6 is 0 Å². The molecule has 1 atom stereocenters. The summed E-state index contributed by atoms with van der Waals surface area (Å²) in [6, 6.07) is 7.03. The fraction of sp³-hybridized carbons (Fsp3) is 0.412. The van der Waals surface area contributed by atoms with Crippen LogP contribution in [0.2, 0.25) is 0 Å². The number of ether oxygens (including phenoxy) is 1. The van der Waals surface area contributed by atoms with Crippen LogP contribution in [0.15, 0.2) is 29.4 Å². The van der Waals surface area contributed by atoms with Crippen molar-refractivity contribution in [1.29, 1.82) is 0 Å². The SMILES string of the molecule is COC(=O)C[C@H](NC(=O)C1=NN(C)C(=O)CC1)c1ccc(C)cc1. The van der Waals surface area contributed by atoms with E-state index >= 15 is 0 Å². The second kappa shape index (κ2) is 7.72. The van der Waals surface area contributed by atoms with E-state index in [2.05, 4.69) is 10.4 Å². The molecule has 0 unspecified atom stereocenters. The number of nitrogens with zero attached hydrogens (tertiary/aromatic N) is 2. The topological polar surface area (TPSA) is 88.1 Å². The molecule has 0 fully saturated rings. The summed E-state index contributed by atoms with van der Waals surface area (Å²) in [6.07, 6.45) is 0.552. The second-order valence-electron chi connectivity index (χ2n) is 5.68. The molecule has 0 aliphatic carbocycles. The van der Waals surface area contributed by atoms with Gasteiger partial charge in [0.25, 0.3) is 5.91 Å². The Balaban J connectivity index is 2.17. The Morgan fingerprint density at radius 1 is 1.29 bits per heavy atom. The summed E-state index contributed by atoms with van der Waals surface area (Å²) in [4.78, 5) is 35.5. The van der Waals surface area contributed by atoms with E-state index in [-0.39, 0.29) is 36.8 Å². The Morgan fingerprint density at radius 3 is 2.54 bits per heavy atom. The Bertz CT molecular complexity index is 667. The number of hydrogen-bond donors (Lipinski definition) is 1. The minimum Gasteiger partial charge on any atom is -0.469 e. The standard InChI is InChI=1S/C17H21N3O4/c1-11-4-6-12(7-5-11)14(10-16(22)24-3)18-17(23)13-8-9-15(21)20(2)19-13/h4-7,14H,8-10H2,1-3H3,(H,18,23)/t14-/m0/s1. The van der Waals surface area contributed by atoms with E-state index in [1.807, 2.05) is 31.2 Å². The molecule has 2 amide bonds. The summed E-state index contributed by atoms with van der Waals surface area (Å²) in [5, 5.41) is 7.98. The highest BCUT2D eigenvalue weighted by atomic mass is 16.5. The van der Waals surface area contributed by atoms with Crippen molar-refractivity contribution in [1.82, 2.24) is 10.3 Å². The van der Waals surface area contributed by atoms with E-state index in [0.717, 1.165) is 11.1 Å². The first-order valence-corrected chi connectivity index (χ1v) is 7.69. The molecule has 0 saturated carbocycles. The molecule has 128 valence electrons. The van der Waals surface area contributed by atoms with Gasteiger partial charge in [-0.3, -0.25) is 14.4 Å². The number of nitrogens with one attached hydrogen (secondary N) is 1. The van der Waals surface area contributed by atoms with Crippen molar-refractivity contribution in [3.8, 4) is 0 Å². The van der Waals surface area contributed by atoms with Gasteiger partial charge in [-0.05, 0) is 12.5 Å². The normalized spacial score (nSPS) is 15.5. The number of esters is 1. The molecule has 0 radical (unpaired) electrons. The molecule has 1 N–H and O–H groups in total. The van der Waals surface area contributed by atoms with Crippen LogP contribution in [0.3, 0.4) is 0 Å². The molecule has 1 aromatic rings. The van der Waals surface area contributed by atoms with Crippen molar-refractivity contribution in [2.45, 2.75) is 32.2 Å². The zero-order chi connectivity index (χ0) is 17.7. The number of rotatable bonds is 5. The summed E-state index contributed by atoms with van der Waals surface area (Å²) >= 11 is 0. The minimum absolute atomic E-state index is 0.0212. The number of carbonyl (C=O) groups is 3. The van der Waals surface area contributed by atoms with Crippen molar-refractivity contribution in [3.05, 3.63) is 35.4 Å². The zero-order valence-electron chi connectivity index (χ0n) is 14.0. The van der Waals surface area contributed by atoms with Gasteiger partial charge in [-0.15, -0.1) is 0 Å². The molecule has 7 nitrogen and oxygen atoms in total. The highest BCUT2D eigenvalue weighted by molar-refractivity contribution is 6.39. The molecule has 0 bridgehead atoms. The fourth-order valence-electron chi connectivity index (χ4n) is 2.38. The highest BCUT2D eigenvalue weighted by Gasteiger charge is 2.25. The number of benzene rings is 1. The highest BCUT2D eigenvalue weighted by Crippen LogP contribution is 2.19. The van der Waals surface area contributed by atoms with Crippen molar-refractivity contribution in [2.24, 2.45) is 5.10 Å². The maximum Gasteiger partial charge on any atom is 0.307 e. The Labute approximate surface area is 140 Å². The van der Waals surface area contributed by atoms with Crippen molar-refractivity contribution in [3.63, 3.8) is 0 Å². The molecule has 1 heterocycles. The van der Waals surface area contributed by atoms with Crippen molar-refractivity contribution < 1.29 is 19.1 Å². The van der Waals surface area contributed by atoms with Crippen LogP contribution in [-0.4, -0.2) is 42.7 Å². The van der Waals surface area contributed by atoms with E-state index in [1.54, 1.807) is 0 Å². The average molecular weight is 331 g/mol. The van der Waals surface area contributed by atoms with E-state index < -0.39 is 12.0 Å². The summed E-state index contributed by atoms with van der Waals surface area (Å²) in [5.41, 5.74) is 2.16. The summed E-state index contributed by atoms with van der Waals surface area (Å²) in [6.45, 7) is 1.96. The van der Waals surface area contributed by atoms with Gasteiger partial charge in [-0.25, -0.2) is 5.01 Å². The van der Waals surface area contributed by atoms with Crippen LogP contribution in [0, 0.1) is 6.92 Å². The summed E-state index contributed by atoms with van der Waals surface area (Å²) < 4.78 is 4.71. The number of hydrogen-bond acceptors (Lipinski definition) is 5. The Hall–Kier alpha value is -2.70. The largest absolute Gasteiger partial charge is 0.469 e. The minimum atomic E-state index is -0.517. The van der Waals surface area contributed by atoms with E-state index in [0.29, 0.717) is 0 Å². The lowest BCUT2D eigenvalue weighted by Crippen LogP contribution is -2.39. The maximum atomic E-state index is 12.4. The number of methoxy groups -OCH3 is 1. The number of hydrazone groups is 1. The Morgan fingerprint density at radius 2 is 1.96 bits per heavy atom. The molecule has 1 aliphatic heterocycles. The number of aryl methyl sites for hydroxylation is 1. The van der Waals surface area contributed by atoms with Gasteiger partial charge in [0.1, 0.15) is 5.71 Å². The molecule has 24 heavy (non-hydrogen) atoms. The predicted octanol–water partition coefficient (Wildman–Crippen LogP) is 1.32. The summed E-state index contributed by atoms with van der Waals surface area (Å²) in [7, 11) is 2.82. The van der Waals surface area contributed by atoms with Crippen LogP contribution in [-0.2, 0) is 19.1 Å².